The van der Waals surface area contributed by atoms with E-state index in [1.165, 1.54) is 45.3 Å². The molecular formula is C20H32Cl2N3O4Rh-. The number of allylic oxidation sites excluding steroid dienone is 4. The van der Waals surface area contributed by atoms with E-state index in [0.717, 1.165) is 0 Å². The molecule has 0 saturated carbocycles. The van der Waals surface area contributed by atoms with Crippen LogP contribution in [0, 0.1) is 0 Å². The van der Waals surface area contributed by atoms with Crippen molar-refractivity contribution in [2.45, 2.75) is 46.5 Å². The molecule has 0 atom stereocenters. The van der Waals surface area contributed by atoms with E-state index < -0.39 is 22.9 Å². The van der Waals surface area contributed by atoms with Crippen molar-refractivity contribution in [2.24, 2.45) is 0 Å². The average molecular weight is 552 g/mol. The van der Waals surface area contributed by atoms with Gasteiger partial charge in [0, 0.05) is 19.5 Å². The monoisotopic (exact) mass is 551 g/mol. The molecule has 2 rings (SSSR count). The van der Waals surface area contributed by atoms with Crippen molar-refractivity contribution < 1.29 is 34.3 Å². The minimum absolute atomic E-state index is 0. The van der Waals surface area contributed by atoms with E-state index in [2.05, 4.69) is 50.1 Å². The number of aromatic carboxylic acids is 1. The van der Waals surface area contributed by atoms with Crippen molar-refractivity contribution in [2.75, 3.05) is 25.0 Å². The van der Waals surface area contributed by atoms with E-state index in [-0.39, 0.29) is 24.8 Å². The Kier molecular flexibility index (Phi) is 26.8. The van der Waals surface area contributed by atoms with Gasteiger partial charge in [-0.2, -0.15) is 0 Å². The second-order valence-electron chi connectivity index (χ2n) is 5.73. The molecular weight excluding hydrogens is 520 g/mol. The number of halogens is 2. The molecule has 0 bridgehead atoms. The average Bonchev–Trinajstić information content (AvgIpc) is 2.63. The van der Waals surface area contributed by atoms with Gasteiger partial charge in [-0.25, -0.2) is 0 Å². The zero-order valence-electron chi connectivity index (χ0n) is 17.7. The fourth-order valence-corrected chi connectivity index (χ4v) is 2.15. The summed E-state index contributed by atoms with van der Waals surface area (Å²) in [6.07, 6.45) is 14.0. The van der Waals surface area contributed by atoms with Crippen molar-refractivity contribution in [3.05, 3.63) is 56.9 Å². The molecule has 1 aliphatic rings. The number of rotatable bonds is 4. The van der Waals surface area contributed by atoms with Gasteiger partial charge in [-0.15, -0.1) is 23.2 Å². The molecule has 1 aliphatic carbocycles. The molecule has 0 unspecified atom stereocenters. The van der Waals surface area contributed by atoms with Gasteiger partial charge in [0.25, 0.3) is 0 Å². The molecule has 0 aliphatic heterocycles. The van der Waals surface area contributed by atoms with Crippen LogP contribution in [-0.2, 0) is 19.5 Å². The number of alkyl halides is 2. The number of carbonyl (C=O) groups excluding carboxylic acids is 1. The largest absolute Gasteiger partial charge is 0.545 e. The summed E-state index contributed by atoms with van der Waals surface area (Å²) in [4.78, 5) is 37.2. The summed E-state index contributed by atoms with van der Waals surface area (Å²) in [5.74, 6) is -1.65. The third-order valence-corrected chi connectivity index (χ3v) is 3.76. The zero-order chi connectivity index (χ0) is 22.5. The molecule has 7 nitrogen and oxygen atoms in total. The fourth-order valence-electron chi connectivity index (χ4n) is 2.15. The molecule has 1 radical (unpaired) electrons. The van der Waals surface area contributed by atoms with Crippen LogP contribution in [0.1, 0.15) is 56.9 Å². The van der Waals surface area contributed by atoms with E-state index in [1.807, 2.05) is 0 Å². The Morgan fingerprint density at radius 1 is 1.00 bits per heavy atom. The number of quaternary nitrogens is 1. The Morgan fingerprint density at radius 3 is 1.60 bits per heavy atom. The third-order valence-electron chi connectivity index (χ3n) is 3.76. The fraction of sp³-hybridized carbons (Fsp3) is 0.550. The molecule has 1 aromatic rings. The summed E-state index contributed by atoms with van der Waals surface area (Å²) in [5.41, 5.74) is -2.44. The SMILES string of the molecule is C1=C\CC/C=C\CC/1.CC[NH+](CC)CC.ClCCl.O=C([O-])c1cc(=O)[nH]c(=O)[n-]1.[Rh]. The number of aromatic amines is 1. The smallest absolute Gasteiger partial charge is 0.171 e. The van der Waals surface area contributed by atoms with E-state index in [1.54, 1.807) is 9.88 Å². The first-order valence-corrected chi connectivity index (χ1v) is 10.7. The normalized spacial score (nSPS) is 13.9. The van der Waals surface area contributed by atoms with Crippen molar-refractivity contribution in [1.82, 2.24) is 9.97 Å². The predicted octanol–water partition coefficient (Wildman–Crippen LogP) is 1.08. The third kappa shape index (κ3) is 21.5. The van der Waals surface area contributed by atoms with Gasteiger partial charge in [-0.3, -0.25) is 9.59 Å². The van der Waals surface area contributed by atoms with Crippen molar-refractivity contribution >= 4 is 29.2 Å². The first-order valence-electron chi connectivity index (χ1n) is 9.61. The number of carboxylic acids is 1. The van der Waals surface area contributed by atoms with Gasteiger partial charge in [-0.05, 0) is 58.2 Å². The number of carboxylic acid groups (broad SMARTS) is 1. The number of hydrogen-bond donors (Lipinski definition) is 2. The minimum atomic E-state index is -1.65. The van der Waals surface area contributed by atoms with E-state index in [9.17, 15) is 19.5 Å². The molecule has 1 aromatic heterocycles. The number of nitrogens with zero attached hydrogens (tertiary/aromatic N) is 1. The zero-order valence-corrected chi connectivity index (χ0v) is 20.9. The molecule has 175 valence electrons. The van der Waals surface area contributed by atoms with E-state index in [0.29, 0.717) is 6.07 Å². The van der Waals surface area contributed by atoms with Gasteiger partial charge >= 0.3 is 0 Å². The standard InChI is InChI=1S/C8H12.C6H15N.C5H4N2O4.CH2Cl2.Rh/c1-2-4-6-8-7-5-3-1;1-4-7(5-2)6-3;8-3-1-2(4(9)10)6-5(11)7-3;2-1-3;/h1-2,7-8H,3-6H2;4-6H2,1-3H3;1H,(H3,6,7,8,9,10,11);1H2;/p-1/b2-1-,8-7-;;;;. The van der Waals surface area contributed by atoms with Gasteiger partial charge in [0.15, 0.2) is 11.2 Å². The van der Waals surface area contributed by atoms with E-state index >= 15 is 0 Å². The van der Waals surface area contributed by atoms with Crippen LogP contribution in [0.5, 0.6) is 0 Å². The molecule has 10 heteroatoms. The number of carbonyl (C=O) groups is 1. The summed E-state index contributed by atoms with van der Waals surface area (Å²) in [6.45, 7) is 10.5. The maximum atomic E-state index is 10.4. The second kappa shape index (κ2) is 24.1. The molecule has 1 heterocycles. The molecule has 0 amide bonds. The summed E-state index contributed by atoms with van der Waals surface area (Å²) in [6, 6.07) is 0.677. The van der Waals surface area contributed by atoms with Crippen LogP contribution in [-0.4, -0.2) is 35.9 Å². The Morgan fingerprint density at radius 2 is 1.37 bits per heavy atom. The topological polar surface area (TPSA) is 109 Å². The van der Waals surface area contributed by atoms with Crippen LogP contribution < -0.4 is 26.2 Å². The van der Waals surface area contributed by atoms with Crippen LogP contribution in [0.4, 0.5) is 0 Å². The Bertz CT molecular complexity index is 642. The number of hydrogen-bond acceptors (Lipinski definition) is 4. The van der Waals surface area contributed by atoms with Crippen LogP contribution in [0.3, 0.4) is 0 Å². The Labute approximate surface area is 201 Å². The van der Waals surface area contributed by atoms with Gasteiger partial charge in [0.2, 0.25) is 0 Å². The summed E-state index contributed by atoms with van der Waals surface area (Å²) in [5, 5.41) is 10.2. The maximum Gasteiger partial charge on any atom is 0.171 e. The molecule has 0 aromatic carbocycles. The molecule has 0 fully saturated rings. The Balaban J connectivity index is -0.000000345. The number of aromatic nitrogens is 2. The summed E-state index contributed by atoms with van der Waals surface area (Å²) >= 11 is 9.53. The maximum absolute atomic E-state index is 10.4. The Hall–Kier alpha value is -1.21. The van der Waals surface area contributed by atoms with Gasteiger partial charge < -0.3 is 24.8 Å². The van der Waals surface area contributed by atoms with Crippen molar-refractivity contribution in [3.63, 3.8) is 0 Å². The summed E-state index contributed by atoms with van der Waals surface area (Å²) < 4.78 is 0. The second-order valence-corrected chi connectivity index (χ2v) is 6.54. The molecule has 30 heavy (non-hydrogen) atoms. The summed E-state index contributed by atoms with van der Waals surface area (Å²) in [7, 11) is 0. The van der Waals surface area contributed by atoms with Crippen molar-refractivity contribution in [3.8, 4) is 0 Å². The van der Waals surface area contributed by atoms with E-state index in [4.69, 9.17) is 23.2 Å². The van der Waals surface area contributed by atoms with Crippen LogP contribution >= 0.6 is 23.2 Å². The van der Waals surface area contributed by atoms with Gasteiger partial charge in [0.05, 0.1) is 30.9 Å². The van der Waals surface area contributed by atoms with Crippen LogP contribution in [0.2, 0.25) is 0 Å². The first kappa shape index (κ1) is 33.4. The van der Waals surface area contributed by atoms with Crippen LogP contribution in [0.25, 0.3) is 0 Å². The predicted molar refractivity (Wildman–Crippen MR) is 117 cm³/mol. The van der Waals surface area contributed by atoms with Gasteiger partial charge in [-0.1, -0.05) is 24.3 Å². The minimum Gasteiger partial charge on any atom is -0.545 e. The van der Waals surface area contributed by atoms with Crippen molar-refractivity contribution in [1.29, 1.82) is 0 Å². The molecule has 0 saturated heterocycles. The quantitative estimate of drug-likeness (QED) is 0.331. The molecule has 2 N–H and O–H groups in total. The number of nitrogens with one attached hydrogen (secondary N) is 2. The number of H-pyrrole nitrogens is 1. The van der Waals surface area contributed by atoms with Crippen LogP contribution in [0.15, 0.2) is 40.0 Å². The first-order chi connectivity index (χ1) is 13.9. The molecule has 0 spiro atoms. The van der Waals surface area contributed by atoms with Gasteiger partial charge in [0.1, 0.15) is 0 Å².